The van der Waals surface area contributed by atoms with Crippen molar-refractivity contribution in [3.05, 3.63) is 47.5 Å². The van der Waals surface area contributed by atoms with Gasteiger partial charge in [0.25, 0.3) is 5.91 Å². The van der Waals surface area contributed by atoms with E-state index in [-0.39, 0.29) is 17.4 Å². The molecule has 32 heavy (non-hydrogen) atoms. The van der Waals surface area contributed by atoms with Gasteiger partial charge in [0.2, 0.25) is 0 Å². The molecule has 0 atom stereocenters. The van der Waals surface area contributed by atoms with Crippen molar-refractivity contribution in [2.45, 2.75) is 70.8 Å². The van der Waals surface area contributed by atoms with E-state index in [2.05, 4.69) is 70.4 Å². The van der Waals surface area contributed by atoms with Gasteiger partial charge in [-0.1, -0.05) is 45.7 Å². The minimum Gasteiger partial charge on any atom is -0.355 e. The number of aromatic nitrogens is 2. The van der Waals surface area contributed by atoms with Gasteiger partial charge in [0.1, 0.15) is 0 Å². The Morgan fingerprint density at radius 3 is 1.84 bits per heavy atom. The van der Waals surface area contributed by atoms with E-state index in [1.54, 1.807) is 0 Å². The first-order valence-electron chi connectivity index (χ1n) is 12.2. The van der Waals surface area contributed by atoms with Crippen LogP contribution in [-0.2, 0) is 5.41 Å². The van der Waals surface area contributed by atoms with Crippen LogP contribution in [0.1, 0.15) is 75.2 Å². The SMILES string of the molecule is CC(C)(C)c1ccc(C(=O)NC2CCN(c3ccc(N4CCCCCC4)nn3)CC2)cc1. The van der Waals surface area contributed by atoms with Crippen molar-refractivity contribution >= 4 is 17.5 Å². The summed E-state index contributed by atoms with van der Waals surface area (Å²) in [6, 6.07) is 12.4. The summed E-state index contributed by atoms with van der Waals surface area (Å²) < 4.78 is 0. The summed E-state index contributed by atoms with van der Waals surface area (Å²) in [6.07, 6.45) is 6.95. The highest BCUT2D eigenvalue weighted by Gasteiger charge is 2.23. The number of nitrogens with zero attached hydrogens (tertiary/aromatic N) is 4. The van der Waals surface area contributed by atoms with Crippen LogP contribution in [0.3, 0.4) is 0 Å². The number of amides is 1. The molecular weight excluding hydrogens is 398 g/mol. The molecule has 2 saturated heterocycles. The summed E-state index contributed by atoms with van der Waals surface area (Å²) >= 11 is 0. The van der Waals surface area contributed by atoms with Gasteiger partial charge in [-0.3, -0.25) is 4.79 Å². The first kappa shape index (κ1) is 22.6. The molecule has 1 N–H and O–H groups in total. The maximum absolute atomic E-state index is 12.7. The molecule has 6 heteroatoms. The fraction of sp³-hybridized carbons (Fsp3) is 0.577. The van der Waals surface area contributed by atoms with Crippen molar-refractivity contribution in [2.75, 3.05) is 36.0 Å². The third kappa shape index (κ3) is 5.59. The predicted octanol–water partition coefficient (Wildman–Crippen LogP) is 4.55. The summed E-state index contributed by atoms with van der Waals surface area (Å²) in [4.78, 5) is 17.3. The van der Waals surface area contributed by atoms with E-state index >= 15 is 0 Å². The second-order valence-electron chi connectivity index (χ2n) is 10.2. The molecular formula is C26H37N5O. The van der Waals surface area contributed by atoms with Crippen molar-refractivity contribution in [3.8, 4) is 0 Å². The molecule has 1 aromatic carbocycles. The topological polar surface area (TPSA) is 61.4 Å². The molecule has 0 spiro atoms. The van der Waals surface area contributed by atoms with Crippen LogP contribution in [0.4, 0.5) is 11.6 Å². The Labute approximate surface area is 192 Å². The summed E-state index contributed by atoms with van der Waals surface area (Å²) in [7, 11) is 0. The van der Waals surface area contributed by atoms with Crippen molar-refractivity contribution in [1.29, 1.82) is 0 Å². The number of hydrogen-bond acceptors (Lipinski definition) is 5. The number of carbonyl (C=O) groups is 1. The van der Waals surface area contributed by atoms with E-state index in [1.165, 1.54) is 31.2 Å². The van der Waals surface area contributed by atoms with Crippen LogP contribution in [0.5, 0.6) is 0 Å². The monoisotopic (exact) mass is 435 g/mol. The van der Waals surface area contributed by atoms with Crippen molar-refractivity contribution in [3.63, 3.8) is 0 Å². The zero-order valence-corrected chi connectivity index (χ0v) is 19.8. The molecule has 2 aliphatic heterocycles. The maximum Gasteiger partial charge on any atom is 0.251 e. The van der Waals surface area contributed by atoms with E-state index in [9.17, 15) is 4.79 Å². The van der Waals surface area contributed by atoms with E-state index < -0.39 is 0 Å². The maximum atomic E-state index is 12.7. The molecule has 4 rings (SSSR count). The fourth-order valence-corrected chi connectivity index (χ4v) is 4.60. The Bertz CT molecular complexity index is 872. The van der Waals surface area contributed by atoms with E-state index in [0.29, 0.717) is 0 Å². The molecule has 172 valence electrons. The third-order valence-corrected chi connectivity index (χ3v) is 6.73. The van der Waals surface area contributed by atoms with Crippen LogP contribution < -0.4 is 15.1 Å². The summed E-state index contributed by atoms with van der Waals surface area (Å²) in [5.74, 6) is 1.95. The highest BCUT2D eigenvalue weighted by Crippen LogP contribution is 2.23. The molecule has 2 fully saturated rings. The van der Waals surface area contributed by atoms with Gasteiger partial charge < -0.3 is 15.1 Å². The minimum atomic E-state index is 0.0190. The summed E-state index contributed by atoms with van der Waals surface area (Å²) in [5, 5.41) is 12.2. The standard InChI is InChI=1S/C26H37N5O/c1-26(2,3)21-10-8-20(9-11-21)25(32)27-22-14-18-31(19-15-22)24-13-12-23(28-29-24)30-16-6-4-5-7-17-30/h8-13,22H,4-7,14-19H2,1-3H3,(H,27,32). The molecule has 0 bridgehead atoms. The minimum absolute atomic E-state index is 0.0190. The Hall–Kier alpha value is -2.63. The number of benzene rings is 1. The van der Waals surface area contributed by atoms with Gasteiger partial charge in [0.15, 0.2) is 11.6 Å². The van der Waals surface area contributed by atoms with Crippen molar-refractivity contribution in [2.24, 2.45) is 0 Å². The van der Waals surface area contributed by atoms with Gasteiger partial charge in [-0.25, -0.2) is 0 Å². The second kappa shape index (κ2) is 9.88. The molecule has 0 saturated carbocycles. The number of anilines is 2. The van der Waals surface area contributed by atoms with E-state index in [4.69, 9.17) is 0 Å². The largest absolute Gasteiger partial charge is 0.355 e. The highest BCUT2D eigenvalue weighted by molar-refractivity contribution is 5.94. The summed E-state index contributed by atoms with van der Waals surface area (Å²) in [5.41, 5.74) is 2.07. The van der Waals surface area contributed by atoms with Crippen LogP contribution in [0.25, 0.3) is 0 Å². The van der Waals surface area contributed by atoms with Crippen LogP contribution in [0.2, 0.25) is 0 Å². The van der Waals surface area contributed by atoms with Gasteiger partial charge in [0.05, 0.1) is 0 Å². The Kier molecular flexibility index (Phi) is 6.97. The smallest absolute Gasteiger partial charge is 0.251 e. The lowest BCUT2D eigenvalue weighted by Crippen LogP contribution is -2.45. The molecule has 0 radical (unpaired) electrons. The summed E-state index contributed by atoms with van der Waals surface area (Å²) in [6.45, 7) is 10.5. The quantitative estimate of drug-likeness (QED) is 0.763. The lowest BCUT2D eigenvalue weighted by atomic mass is 9.86. The lowest BCUT2D eigenvalue weighted by Gasteiger charge is -2.33. The average molecular weight is 436 g/mol. The first-order valence-corrected chi connectivity index (χ1v) is 12.2. The second-order valence-corrected chi connectivity index (χ2v) is 10.2. The van der Waals surface area contributed by atoms with Gasteiger partial charge >= 0.3 is 0 Å². The van der Waals surface area contributed by atoms with E-state index in [0.717, 1.165) is 56.2 Å². The Balaban J connectivity index is 1.28. The molecule has 6 nitrogen and oxygen atoms in total. The zero-order chi connectivity index (χ0) is 22.6. The zero-order valence-electron chi connectivity index (χ0n) is 19.8. The lowest BCUT2D eigenvalue weighted by molar-refractivity contribution is 0.0931. The van der Waals surface area contributed by atoms with Crippen LogP contribution in [0, 0.1) is 0 Å². The van der Waals surface area contributed by atoms with Crippen molar-refractivity contribution < 1.29 is 4.79 Å². The number of nitrogens with one attached hydrogen (secondary N) is 1. The van der Waals surface area contributed by atoms with Crippen LogP contribution in [0.15, 0.2) is 36.4 Å². The number of rotatable bonds is 4. The Morgan fingerprint density at radius 1 is 0.812 bits per heavy atom. The molecule has 2 aromatic rings. The number of hydrogen-bond donors (Lipinski definition) is 1. The van der Waals surface area contributed by atoms with Gasteiger partial charge in [-0.2, -0.15) is 0 Å². The van der Waals surface area contributed by atoms with Gasteiger partial charge in [-0.15, -0.1) is 10.2 Å². The Morgan fingerprint density at radius 2 is 1.34 bits per heavy atom. The van der Waals surface area contributed by atoms with E-state index in [1.807, 2.05) is 12.1 Å². The molecule has 3 heterocycles. The fourth-order valence-electron chi connectivity index (χ4n) is 4.60. The van der Waals surface area contributed by atoms with Crippen LogP contribution >= 0.6 is 0 Å². The average Bonchev–Trinajstić information content (AvgIpc) is 3.09. The predicted molar refractivity (Wildman–Crippen MR) is 131 cm³/mol. The molecule has 1 aromatic heterocycles. The highest BCUT2D eigenvalue weighted by atomic mass is 16.1. The molecule has 1 amide bonds. The first-order chi connectivity index (χ1) is 15.4. The van der Waals surface area contributed by atoms with Crippen molar-refractivity contribution in [1.82, 2.24) is 15.5 Å². The number of piperidine rings is 1. The normalized spacial score (nSPS) is 18.3. The van der Waals surface area contributed by atoms with Crippen LogP contribution in [-0.4, -0.2) is 48.3 Å². The molecule has 0 aliphatic carbocycles. The van der Waals surface area contributed by atoms with Gasteiger partial charge in [0, 0.05) is 37.8 Å². The number of carbonyl (C=O) groups excluding carboxylic acids is 1. The van der Waals surface area contributed by atoms with Gasteiger partial charge in [-0.05, 0) is 60.9 Å². The third-order valence-electron chi connectivity index (χ3n) is 6.73. The molecule has 0 unspecified atom stereocenters. The molecule has 2 aliphatic rings.